The van der Waals surface area contributed by atoms with Crippen LogP contribution in [0.2, 0.25) is 0 Å². The first-order valence-corrected chi connectivity index (χ1v) is 8.28. The Kier molecular flexibility index (Phi) is 7.72. The molecule has 1 fully saturated rings. The number of rotatable bonds is 9. The van der Waals surface area contributed by atoms with Gasteiger partial charge in [-0.25, -0.2) is 4.79 Å². The van der Waals surface area contributed by atoms with Gasteiger partial charge in [-0.2, -0.15) is 0 Å². The first-order valence-electron chi connectivity index (χ1n) is 8.28. The number of hydrogen-bond donors (Lipinski definition) is 3. The van der Waals surface area contributed by atoms with Crippen molar-refractivity contribution < 1.29 is 14.7 Å². The maximum absolute atomic E-state index is 12.0. The van der Waals surface area contributed by atoms with Crippen molar-refractivity contribution in [3.63, 3.8) is 0 Å². The number of amides is 1. The summed E-state index contributed by atoms with van der Waals surface area (Å²) in [4.78, 5) is 23.6. The lowest BCUT2D eigenvalue weighted by Gasteiger charge is -2.37. The van der Waals surface area contributed by atoms with Gasteiger partial charge >= 0.3 is 5.97 Å². The molecule has 5 nitrogen and oxygen atoms in total. The highest BCUT2D eigenvalue weighted by Gasteiger charge is 2.42. The van der Waals surface area contributed by atoms with Crippen molar-refractivity contribution in [2.75, 3.05) is 6.54 Å². The molecule has 5 heteroatoms. The Morgan fingerprint density at radius 3 is 2.33 bits per heavy atom. The van der Waals surface area contributed by atoms with Crippen LogP contribution in [0.1, 0.15) is 71.1 Å². The first-order chi connectivity index (χ1) is 10.0. The molecule has 0 aromatic heterocycles. The maximum atomic E-state index is 12.0. The summed E-state index contributed by atoms with van der Waals surface area (Å²) >= 11 is 0. The molecule has 1 aliphatic rings. The molecule has 0 atom stereocenters. The number of nitrogens with one attached hydrogen (secondary N) is 1. The summed E-state index contributed by atoms with van der Waals surface area (Å²) in [6.07, 6.45) is 8.19. The van der Waals surface area contributed by atoms with E-state index in [9.17, 15) is 14.7 Å². The molecular formula is C16H30N2O3. The second kappa shape index (κ2) is 9.03. The van der Waals surface area contributed by atoms with Gasteiger partial charge in [0.15, 0.2) is 0 Å². The molecular weight excluding hydrogens is 268 g/mol. The summed E-state index contributed by atoms with van der Waals surface area (Å²) in [5.74, 6) is -0.403. The summed E-state index contributed by atoms with van der Waals surface area (Å²) in [7, 11) is 0. The Morgan fingerprint density at radius 1 is 1.19 bits per heavy atom. The van der Waals surface area contributed by atoms with Crippen molar-refractivity contribution in [3.05, 3.63) is 0 Å². The third-order valence-electron chi connectivity index (χ3n) is 4.68. The highest BCUT2D eigenvalue weighted by atomic mass is 16.4. The molecule has 122 valence electrons. The van der Waals surface area contributed by atoms with Crippen LogP contribution in [-0.2, 0) is 9.59 Å². The topological polar surface area (TPSA) is 92.4 Å². The molecule has 0 heterocycles. The summed E-state index contributed by atoms with van der Waals surface area (Å²) in [5.41, 5.74) is 4.40. The van der Waals surface area contributed by atoms with Gasteiger partial charge in [-0.3, -0.25) is 4.79 Å². The molecule has 1 aliphatic carbocycles. The van der Waals surface area contributed by atoms with Gasteiger partial charge < -0.3 is 16.2 Å². The average molecular weight is 298 g/mol. The van der Waals surface area contributed by atoms with Crippen LogP contribution >= 0.6 is 0 Å². The second-order valence-corrected chi connectivity index (χ2v) is 6.24. The highest BCUT2D eigenvalue weighted by molar-refractivity contribution is 5.87. The van der Waals surface area contributed by atoms with Crippen LogP contribution in [0.15, 0.2) is 0 Å². The third-order valence-corrected chi connectivity index (χ3v) is 4.68. The van der Waals surface area contributed by atoms with Crippen LogP contribution < -0.4 is 11.1 Å². The SMILES string of the molecule is CCC1CCC(NC(=O)CCCCCCN)(C(=O)O)CC1. The maximum Gasteiger partial charge on any atom is 0.329 e. The lowest BCUT2D eigenvalue weighted by molar-refractivity contribution is -0.149. The minimum atomic E-state index is -1.03. The van der Waals surface area contributed by atoms with Gasteiger partial charge in [0.2, 0.25) is 5.91 Å². The molecule has 0 saturated heterocycles. The van der Waals surface area contributed by atoms with Crippen molar-refractivity contribution in [1.29, 1.82) is 0 Å². The standard InChI is InChI=1S/C16H30N2O3/c1-2-13-8-10-16(11-9-13,15(20)21)18-14(19)7-5-3-4-6-12-17/h13H,2-12,17H2,1H3,(H,18,19)(H,20,21). The number of carbonyl (C=O) groups is 2. The molecule has 0 aromatic carbocycles. The number of unbranched alkanes of at least 4 members (excludes halogenated alkanes) is 3. The molecule has 0 spiro atoms. The largest absolute Gasteiger partial charge is 0.480 e. The van der Waals surface area contributed by atoms with Crippen molar-refractivity contribution >= 4 is 11.9 Å². The van der Waals surface area contributed by atoms with E-state index >= 15 is 0 Å². The third kappa shape index (κ3) is 5.65. The van der Waals surface area contributed by atoms with Crippen molar-refractivity contribution in [2.45, 2.75) is 76.7 Å². The van der Waals surface area contributed by atoms with Crippen LogP contribution in [0.5, 0.6) is 0 Å². The molecule has 21 heavy (non-hydrogen) atoms. The van der Waals surface area contributed by atoms with Crippen LogP contribution in [0.25, 0.3) is 0 Å². The number of carboxylic acids is 1. The Bertz CT molecular complexity index is 336. The van der Waals surface area contributed by atoms with Gasteiger partial charge in [0.05, 0.1) is 0 Å². The molecule has 0 aliphatic heterocycles. The molecule has 1 rings (SSSR count). The average Bonchev–Trinajstić information content (AvgIpc) is 2.47. The van der Waals surface area contributed by atoms with Gasteiger partial charge in [-0.1, -0.05) is 26.2 Å². The van der Waals surface area contributed by atoms with Gasteiger partial charge in [-0.15, -0.1) is 0 Å². The van der Waals surface area contributed by atoms with E-state index in [2.05, 4.69) is 12.2 Å². The zero-order valence-electron chi connectivity index (χ0n) is 13.2. The second-order valence-electron chi connectivity index (χ2n) is 6.24. The summed E-state index contributed by atoms with van der Waals surface area (Å²) in [5, 5.41) is 12.3. The fraction of sp³-hybridized carbons (Fsp3) is 0.875. The Balaban J connectivity index is 2.40. The van der Waals surface area contributed by atoms with Gasteiger partial charge in [0, 0.05) is 6.42 Å². The minimum Gasteiger partial charge on any atom is -0.480 e. The summed E-state index contributed by atoms with van der Waals surface area (Å²) in [6.45, 7) is 2.82. The molecule has 0 unspecified atom stereocenters. The number of hydrogen-bond acceptors (Lipinski definition) is 3. The van der Waals surface area contributed by atoms with E-state index in [4.69, 9.17) is 5.73 Å². The van der Waals surface area contributed by atoms with Crippen LogP contribution in [0.3, 0.4) is 0 Å². The van der Waals surface area contributed by atoms with Gasteiger partial charge in [0.1, 0.15) is 5.54 Å². The predicted molar refractivity (Wildman–Crippen MR) is 82.9 cm³/mol. The zero-order chi connectivity index (χ0) is 15.7. The smallest absolute Gasteiger partial charge is 0.329 e. The molecule has 0 bridgehead atoms. The van der Waals surface area contributed by atoms with Crippen LogP contribution in [-0.4, -0.2) is 29.1 Å². The van der Waals surface area contributed by atoms with Crippen molar-refractivity contribution in [1.82, 2.24) is 5.32 Å². The van der Waals surface area contributed by atoms with E-state index in [1.54, 1.807) is 0 Å². The lowest BCUT2D eigenvalue weighted by Crippen LogP contribution is -2.56. The van der Waals surface area contributed by atoms with E-state index in [-0.39, 0.29) is 5.91 Å². The highest BCUT2D eigenvalue weighted by Crippen LogP contribution is 2.34. The quantitative estimate of drug-likeness (QED) is 0.570. The van der Waals surface area contributed by atoms with Crippen LogP contribution in [0, 0.1) is 5.92 Å². The van der Waals surface area contributed by atoms with E-state index < -0.39 is 11.5 Å². The van der Waals surface area contributed by atoms with E-state index in [0.717, 1.165) is 44.9 Å². The fourth-order valence-electron chi connectivity index (χ4n) is 3.08. The monoisotopic (exact) mass is 298 g/mol. The normalized spacial score (nSPS) is 25.5. The minimum absolute atomic E-state index is 0.125. The van der Waals surface area contributed by atoms with E-state index in [1.807, 2.05) is 0 Å². The molecule has 1 saturated carbocycles. The lowest BCUT2D eigenvalue weighted by atomic mass is 9.75. The summed E-state index contributed by atoms with van der Waals surface area (Å²) < 4.78 is 0. The zero-order valence-corrected chi connectivity index (χ0v) is 13.2. The molecule has 0 radical (unpaired) electrons. The Hall–Kier alpha value is -1.10. The van der Waals surface area contributed by atoms with Crippen molar-refractivity contribution in [3.8, 4) is 0 Å². The van der Waals surface area contributed by atoms with E-state index in [1.165, 1.54) is 0 Å². The van der Waals surface area contributed by atoms with E-state index in [0.29, 0.717) is 31.7 Å². The molecule has 0 aromatic rings. The summed E-state index contributed by atoms with van der Waals surface area (Å²) in [6, 6.07) is 0. The van der Waals surface area contributed by atoms with Crippen molar-refractivity contribution in [2.24, 2.45) is 11.7 Å². The number of aliphatic carboxylic acids is 1. The Labute approximate surface area is 127 Å². The fourth-order valence-corrected chi connectivity index (χ4v) is 3.08. The van der Waals surface area contributed by atoms with Gasteiger partial charge in [0.25, 0.3) is 0 Å². The predicted octanol–water partition coefficient (Wildman–Crippen LogP) is 2.44. The molecule has 1 amide bonds. The van der Waals surface area contributed by atoms with Crippen LogP contribution in [0.4, 0.5) is 0 Å². The number of nitrogens with two attached hydrogens (primary N) is 1. The number of carboxylic acid groups (broad SMARTS) is 1. The number of carbonyl (C=O) groups excluding carboxylic acids is 1. The molecule has 4 N–H and O–H groups in total. The Morgan fingerprint density at radius 2 is 1.81 bits per heavy atom. The first kappa shape index (κ1) is 18.0. The van der Waals surface area contributed by atoms with Gasteiger partial charge in [-0.05, 0) is 51.0 Å².